The molecule has 6 heteroatoms. The molecule has 6 nitrogen and oxygen atoms in total. The molecule has 2 rings (SSSR count). The molecule has 2 N–H and O–H groups in total. The summed E-state index contributed by atoms with van der Waals surface area (Å²) in [7, 11) is 0. The van der Waals surface area contributed by atoms with E-state index >= 15 is 0 Å². The summed E-state index contributed by atoms with van der Waals surface area (Å²) in [5.41, 5.74) is 1.61. The van der Waals surface area contributed by atoms with E-state index in [2.05, 4.69) is 10.3 Å². The number of rotatable bonds is 5. The highest BCUT2D eigenvalue weighted by Crippen LogP contribution is 2.13. The number of aryl methyl sites for hydroxylation is 1. The predicted octanol–water partition coefficient (Wildman–Crippen LogP) is 2.11. The van der Waals surface area contributed by atoms with Gasteiger partial charge in [0.05, 0.1) is 6.20 Å². The van der Waals surface area contributed by atoms with Crippen molar-refractivity contribution in [1.29, 1.82) is 0 Å². The maximum absolute atomic E-state index is 11.8. The number of carbonyl (C=O) groups excluding carboxylic acids is 1. The Hall–Kier alpha value is -2.89. The molecule has 0 aliphatic carbocycles. The van der Waals surface area contributed by atoms with Gasteiger partial charge in [0.1, 0.15) is 11.4 Å². The van der Waals surface area contributed by atoms with Crippen LogP contribution in [0.15, 0.2) is 42.6 Å². The van der Waals surface area contributed by atoms with Crippen molar-refractivity contribution in [3.8, 4) is 5.75 Å². The lowest BCUT2D eigenvalue weighted by Gasteiger charge is -2.09. The standard InChI is InChI=1S/C15H14N2O4/c1-10-4-2-3-5-12(10)17-14(18)9-21-11-6-7-13(15(19)20)16-8-11/h2-8H,9H2,1H3,(H,17,18)(H,19,20). The quantitative estimate of drug-likeness (QED) is 0.878. The number of carbonyl (C=O) groups is 2. The van der Waals surface area contributed by atoms with Gasteiger partial charge in [-0.05, 0) is 30.7 Å². The second-order valence-electron chi connectivity index (χ2n) is 4.34. The van der Waals surface area contributed by atoms with Crippen molar-refractivity contribution in [2.75, 3.05) is 11.9 Å². The van der Waals surface area contributed by atoms with Crippen LogP contribution in [0.5, 0.6) is 5.75 Å². The number of nitrogens with one attached hydrogen (secondary N) is 1. The van der Waals surface area contributed by atoms with Crippen LogP contribution >= 0.6 is 0 Å². The van der Waals surface area contributed by atoms with Crippen molar-refractivity contribution in [2.45, 2.75) is 6.92 Å². The van der Waals surface area contributed by atoms with Crippen molar-refractivity contribution >= 4 is 17.6 Å². The normalized spacial score (nSPS) is 9.95. The van der Waals surface area contributed by atoms with Crippen LogP contribution in [-0.2, 0) is 4.79 Å². The van der Waals surface area contributed by atoms with Gasteiger partial charge in [-0.2, -0.15) is 0 Å². The third-order valence-electron chi connectivity index (χ3n) is 2.74. The van der Waals surface area contributed by atoms with E-state index in [4.69, 9.17) is 9.84 Å². The highest BCUT2D eigenvalue weighted by atomic mass is 16.5. The largest absolute Gasteiger partial charge is 0.482 e. The molecule has 1 heterocycles. The molecule has 0 radical (unpaired) electrons. The first kappa shape index (κ1) is 14.5. The van der Waals surface area contributed by atoms with E-state index in [0.29, 0.717) is 5.75 Å². The first-order valence-corrected chi connectivity index (χ1v) is 6.24. The summed E-state index contributed by atoms with van der Waals surface area (Å²) in [6.07, 6.45) is 1.27. The van der Waals surface area contributed by atoms with Crippen LogP contribution in [-0.4, -0.2) is 28.6 Å². The number of carboxylic acid groups (broad SMARTS) is 1. The SMILES string of the molecule is Cc1ccccc1NC(=O)COc1ccc(C(=O)O)nc1. The lowest BCUT2D eigenvalue weighted by molar-refractivity contribution is -0.118. The molecule has 0 saturated heterocycles. The summed E-state index contributed by atoms with van der Waals surface area (Å²) in [4.78, 5) is 26.1. The van der Waals surface area contributed by atoms with Gasteiger partial charge in [0, 0.05) is 5.69 Å². The van der Waals surface area contributed by atoms with Crippen LogP contribution in [0.4, 0.5) is 5.69 Å². The summed E-state index contributed by atoms with van der Waals surface area (Å²) < 4.78 is 5.25. The zero-order valence-corrected chi connectivity index (χ0v) is 11.4. The van der Waals surface area contributed by atoms with Crippen LogP contribution in [0.2, 0.25) is 0 Å². The van der Waals surface area contributed by atoms with E-state index in [9.17, 15) is 9.59 Å². The van der Waals surface area contributed by atoms with Crippen molar-refractivity contribution in [3.63, 3.8) is 0 Å². The Labute approximate surface area is 121 Å². The minimum absolute atomic E-state index is 0.0771. The van der Waals surface area contributed by atoms with Gasteiger partial charge >= 0.3 is 5.97 Å². The maximum atomic E-state index is 11.8. The summed E-state index contributed by atoms with van der Waals surface area (Å²) in [6, 6.07) is 10.2. The van der Waals surface area contributed by atoms with Crippen molar-refractivity contribution in [3.05, 3.63) is 53.9 Å². The Balaban J connectivity index is 1.89. The van der Waals surface area contributed by atoms with Gasteiger partial charge < -0.3 is 15.2 Å². The van der Waals surface area contributed by atoms with Gasteiger partial charge in [0.2, 0.25) is 0 Å². The Bertz CT molecular complexity index is 653. The Morgan fingerprint density at radius 3 is 2.62 bits per heavy atom. The molecule has 0 saturated carbocycles. The van der Waals surface area contributed by atoms with Gasteiger partial charge in [-0.25, -0.2) is 9.78 Å². The Morgan fingerprint density at radius 1 is 1.24 bits per heavy atom. The monoisotopic (exact) mass is 286 g/mol. The average Bonchev–Trinajstić information content (AvgIpc) is 2.48. The van der Waals surface area contributed by atoms with Crippen LogP contribution in [0, 0.1) is 6.92 Å². The Kier molecular flexibility index (Phi) is 4.50. The summed E-state index contributed by atoms with van der Waals surface area (Å²) in [6.45, 7) is 1.72. The fraction of sp³-hybridized carbons (Fsp3) is 0.133. The second kappa shape index (κ2) is 6.51. The van der Waals surface area contributed by atoms with Gasteiger partial charge in [-0.15, -0.1) is 0 Å². The van der Waals surface area contributed by atoms with E-state index in [0.717, 1.165) is 11.3 Å². The molecule has 0 fully saturated rings. The molecule has 0 spiro atoms. The highest BCUT2D eigenvalue weighted by molar-refractivity contribution is 5.92. The summed E-state index contributed by atoms with van der Waals surface area (Å²) in [5.74, 6) is -1.08. The third kappa shape index (κ3) is 4.04. The minimum atomic E-state index is -1.11. The van der Waals surface area contributed by atoms with E-state index in [1.54, 1.807) is 6.07 Å². The number of nitrogens with zero attached hydrogens (tertiary/aromatic N) is 1. The molecule has 1 aromatic carbocycles. The van der Waals surface area contributed by atoms with E-state index in [1.807, 2.05) is 25.1 Å². The average molecular weight is 286 g/mol. The van der Waals surface area contributed by atoms with Gasteiger partial charge in [-0.3, -0.25) is 4.79 Å². The molecule has 108 valence electrons. The number of hydrogen-bond donors (Lipinski definition) is 2. The minimum Gasteiger partial charge on any atom is -0.482 e. The molecule has 0 aliphatic heterocycles. The lowest BCUT2D eigenvalue weighted by Crippen LogP contribution is -2.20. The van der Waals surface area contributed by atoms with Crippen LogP contribution < -0.4 is 10.1 Å². The molecule has 1 amide bonds. The molecule has 1 aromatic heterocycles. The van der Waals surface area contributed by atoms with Crippen molar-refractivity contribution < 1.29 is 19.4 Å². The lowest BCUT2D eigenvalue weighted by atomic mass is 10.2. The second-order valence-corrected chi connectivity index (χ2v) is 4.34. The number of anilines is 1. The predicted molar refractivity (Wildman–Crippen MR) is 76.5 cm³/mol. The molecular formula is C15H14N2O4. The fourth-order valence-electron chi connectivity index (χ4n) is 1.64. The molecule has 0 bridgehead atoms. The number of carboxylic acids is 1. The number of amides is 1. The van der Waals surface area contributed by atoms with E-state index in [1.165, 1.54) is 18.3 Å². The maximum Gasteiger partial charge on any atom is 0.354 e. The molecular weight excluding hydrogens is 272 g/mol. The highest BCUT2D eigenvalue weighted by Gasteiger charge is 2.07. The summed E-state index contributed by atoms with van der Waals surface area (Å²) in [5, 5.41) is 11.4. The molecule has 0 atom stereocenters. The number of aromatic carboxylic acids is 1. The number of aromatic nitrogens is 1. The smallest absolute Gasteiger partial charge is 0.354 e. The zero-order valence-electron chi connectivity index (χ0n) is 11.4. The number of benzene rings is 1. The van der Waals surface area contributed by atoms with Crippen molar-refractivity contribution in [1.82, 2.24) is 4.98 Å². The zero-order chi connectivity index (χ0) is 15.2. The Morgan fingerprint density at radius 2 is 2.00 bits per heavy atom. The first-order chi connectivity index (χ1) is 10.1. The number of para-hydroxylation sites is 1. The van der Waals surface area contributed by atoms with Crippen LogP contribution in [0.25, 0.3) is 0 Å². The molecule has 0 unspecified atom stereocenters. The summed E-state index contributed by atoms with van der Waals surface area (Å²) >= 11 is 0. The topological polar surface area (TPSA) is 88.5 Å². The van der Waals surface area contributed by atoms with Gasteiger partial charge in [0.25, 0.3) is 5.91 Å². The number of ether oxygens (including phenoxy) is 1. The van der Waals surface area contributed by atoms with Crippen LogP contribution in [0.1, 0.15) is 16.1 Å². The van der Waals surface area contributed by atoms with Crippen LogP contribution in [0.3, 0.4) is 0 Å². The van der Waals surface area contributed by atoms with Gasteiger partial charge in [-0.1, -0.05) is 18.2 Å². The first-order valence-electron chi connectivity index (χ1n) is 6.24. The fourth-order valence-corrected chi connectivity index (χ4v) is 1.64. The van der Waals surface area contributed by atoms with E-state index in [-0.39, 0.29) is 18.2 Å². The molecule has 21 heavy (non-hydrogen) atoms. The number of pyridine rings is 1. The van der Waals surface area contributed by atoms with E-state index < -0.39 is 5.97 Å². The van der Waals surface area contributed by atoms with Gasteiger partial charge in [0.15, 0.2) is 6.61 Å². The third-order valence-corrected chi connectivity index (χ3v) is 2.74. The number of hydrogen-bond acceptors (Lipinski definition) is 4. The molecule has 2 aromatic rings. The van der Waals surface area contributed by atoms with Crippen molar-refractivity contribution in [2.24, 2.45) is 0 Å². The molecule has 0 aliphatic rings.